The van der Waals surface area contributed by atoms with E-state index in [1.54, 1.807) is 0 Å². The van der Waals surface area contributed by atoms with Gasteiger partial charge in [0.05, 0.1) is 0 Å². The van der Waals surface area contributed by atoms with Crippen molar-refractivity contribution in [3.63, 3.8) is 0 Å². The van der Waals surface area contributed by atoms with Crippen LogP contribution in [0.3, 0.4) is 0 Å². The molecule has 0 unspecified atom stereocenters. The highest BCUT2D eigenvalue weighted by Gasteiger charge is 2.30. The molecule has 1 rings (SSSR count). The van der Waals surface area contributed by atoms with Crippen LogP contribution in [-0.2, 0) is 33.6 Å². The van der Waals surface area contributed by atoms with E-state index in [1.807, 2.05) is 6.92 Å². The van der Waals surface area contributed by atoms with E-state index >= 15 is 0 Å². The molecule has 1 aliphatic rings. The van der Waals surface area contributed by atoms with Gasteiger partial charge in [-0.05, 0) is 63.7 Å². The van der Waals surface area contributed by atoms with Crippen molar-refractivity contribution in [2.75, 3.05) is 13.1 Å². The van der Waals surface area contributed by atoms with Gasteiger partial charge in [-0.15, -0.1) is 0 Å². The third-order valence-corrected chi connectivity index (χ3v) is 10.5. The molecule has 0 saturated heterocycles. The van der Waals surface area contributed by atoms with Gasteiger partial charge in [-0.2, -0.15) is 0 Å². The van der Waals surface area contributed by atoms with E-state index in [9.17, 15) is 38.7 Å². The first-order valence-corrected chi connectivity index (χ1v) is 21.2. The molecule has 7 N–H and O–H groups in total. The van der Waals surface area contributed by atoms with Crippen LogP contribution < -0.4 is 21.3 Å². The van der Waals surface area contributed by atoms with E-state index in [1.165, 1.54) is 64.2 Å². The van der Waals surface area contributed by atoms with Crippen LogP contribution >= 0.6 is 0 Å². The normalized spacial score (nSPS) is 16.4. The van der Waals surface area contributed by atoms with Gasteiger partial charge in [-0.1, -0.05) is 96.8 Å². The summed E-state index contributed by atoms with van der Waals surface area (Å²) in [5, 5.41) is 38.1. The Bertz CT molecular complexity index is 1140. The molecule has 14 nitrogen and oxygen atoms in total. The lowest BCUT2D eigenvalue weighted by Gasteiger charge is -2.28. The van der Waals surface area contributed by atoms with E-state index in [0.717, 1.165) is 51.4 Å². The monoisotopic (exact) mass is 781 g/mol. The van der Waals surface area contributed by atoms with Gasteiger partial charge in [0.2, 0.25) is 23.6 Å². The first-order valence-electron chi connectivity index (χ1n) is 21.2. The Labute approximate surface area is 328 Å². The van der Waals surface area contributed by atoms with Crippen LogP contribution in [0.4, 0.5) is 0 Å². The highest BCUT2D eigenvalue weighted by atomic mass is 16.4. The van der Waals surface area contributed by atoms with Crippen molar-refractivity contribution in [1.29, 1.82) is 0 Å². The minimum Gasteiger partial charge on any atom is -0.481 e. The lowest BCUT2D eigenvalue weighted by atomic mass is 9.81. The molecule has 4 amide bonds. The fourth-order valence-electron chi connectivity index (χ4n) is 7.01. The highest BCUT2D eigenvalue weighted by molar-refractivity contribution is 5.89. The van der Waals surface area contributed by atoms with E-state index in [-0.39, 0.29) is 49.3 Å². The predicted molar refractivity (Wildman–Crippen MR) is 210 cm³/mol. The lowest BCUT2D eigenvalue weighted by Crippen LogP contribution is -2.48. The molecule has 0 aromatic heterocycles. The Balaban J connectivity index is 2.14. The number of carbonyl (C=O) groups excluding carboxylic acids is 4. The van der Waals surface area contributed by atoms with E-state index in [2.05, 4.69) is 21.3 Å². The van der Waals surface area contributed by atoms with Gasteiger partial charge < -0.3 is 36.6 Å². The summed E-state index contributed by atoms with van der Waals surface area (Å²) in [4.78, 5) is 83.6. The summed E-state index contributed by atoms with van der Waals surface area (Å²) in [6.07, 6.45) is 21.9. The first kappa shape index (κ1) is 49.3. The zero-order valence-corrected chi connectivity index (χ0v) is 33.5. The topological polar surface area (TPSA) is 228 Å². The molecular formula is C41H72N4O10. The van der Waals surface area contributed by atoms with Crippen molar-refractivity contribution >= 4 is 41.5 Å². The molecule has 1 fully saturated rings. The van der Waals surface area contributed by atoms with Crippen molar-refractivity contribution < 1.29 is 48.9 Å². The molecule has 316 valence electrons. The van der Waals surface area contributed by atoms with Crippen molar-refractivity contribution in [3.8, 4) is 0 Å². The maximum absolute atomic E-state index is 12.9. The Kier molecular flexibility index (Phi) is 28.2. The minimum atomic E-state index is -1.28. The van der Waals surface area contributed by atoms with Crippen molar-refractivity contribution in [3.05, 3.63) is 0 Å². The second kappa shape index (κ2) is 31.5. The zero-order chi connectivity index (χ0) is 40.7. The van der Waals surface area contributed by atoms with Gasteiger partial charge in [0.15, 0.2) is 0 Å². The number of hydrogen-bond donors (Lipinski definition) is 7. The molecule has 2 atom stereocenters. The number of hydrogen-bond acceptors (Lipinski definition) is 7. The number of aliphatic carboxylic acids is 3. The minimum absolute atomic E-state index is 0.0567. The Morgan fingerprint density at radius 1 is 0.527 bits per heavy atom. The molecule has 0 heterocycles. The first-order chi connectivity index (χ1) is 26.4. The van der Waals surface area contributed by atoms with Gasteiger partial charge in [0, 0.05) is 44.7 Å². The van der Waals surface area contributed by atoms with Crippen LogP contribution in [0.5, 0.6) is 0 Å². The molecule has 0 aromatic carbocycles. The Morgan fingerprint density at radius 2 is 1.00 bits per heavy atom. The van der Waals surface area contributed by atoms with Crippen LogP contribution in [-0.4, -0.2) is 82.0 Å². The molecule has 0 aliphatic heterocycles. The smallest absolute Gasteiger partial charge is 0.326 e. The third kappa shape index (κ3) is 26.7. The summed E-state index contributed by atoms with van der Waals surface area (Å²) in [6, 6.07) is -2.34. The summed E-state index contributed by atoms with van der Waals surface area (Å²) >= 11 is 0. The fraction of sp³-hybridized carbons (Fsp3) is 0.829. The molecule has 55 heavy (non-hydrogen) atoms. The van der Waals surface area contributed by atoms with Crippen LogP contribution in [0.25, 0.3) is 0 Å². The molecule has 0 spiro atoms. The summed E-state index contributed by atoms with van der Waals surface area (Å²) in [5.41, 5.74) is 0. The Hall–Kier alpha value is -3.71. The third-order valence-electron chi connectivity index (χ3n) is 10.5. The summed E-state index contributed by atoms with van der Waals surface area (Å²) in [6.45, 7) is 2.79. The fourth-order valence-corrected chi connectivity index (χ4v) is 7.01. The standard InChI is InChI=1S/C41H72N4O10/c1-2-29-42-40(53)33(26-28-38(50)51)44-36(47)27-25-34(41(54)55)45-39(52)32-23-21-31(22-24-32)30-43-35(46)19-17-15-13-11-9-7-5-3-4-6-8-10-12-14-16-18-20-37(48)49/h31-34H,2-30H2,1H3,(H,42,53)(H,43,46)(H,44,47)(H,45,52)(H,48,49)(H,50,51)(H,54,55)/t31?,32?,33-,34+/m0/s1. The number of nitrogens with one attached hydrogen (secondary N) is 4. The molecule has 0 bridgehead atoms. The molecule has 0 aromatic rings. The van der Waals surface area contributed by atoms with Gasteiger partial charge in [0.1, 0.15) is 12.1 Å². The molecule has 1 aliphatic carbocycles. The number of carbonyl (C=O) groups is 7. The van der Waals surface area contributed by atoms with Crippen LogP contribution in [0, 0.1) is 11.8 Å². The molecular weight excluding hydrogens is 708 g/mol. The zero-order valence-electron chi connectivity index (χ0n) is 33.5. The number of carboxylic acids is 3. The summed E-state index contributed by atoms with van der Waals surface area (Å²) < 4.78 is 0. The predicted octanol–water partition coefficient (Wildman–Crippen LogP) is 6.24. The summed E-state index contributed by atoms with van der Waals surface area (Å²) in [7, 11) is 0. The van der Waals surface area contributed by atoms with Crippen LogP contribution in [0.15, 0.2) is 0 Å². The van der Waals surface area contributed by atoms with Gasteiger partial charge in [-0.3, -0.25) is 28.8 Å². The molecule has 0 radical (unpaired) electrons. The van der Waals surface area contributed by atoms with Crippen molar-refractivity contribution in [2.45, 2.75) is 192 Å². The highest BCUT2D eigenvalue weighted by Crippen LogP contribution is 2.29. The van der Waals surface area contributed by atoms with E-state index < -0.39 is 41.8 Å². The SMILES string of the molecule is CCCNC(=O)[C@H](CCC(=O)O)NC(=O)CC[C@@H](NC(=O)C1CCC(CNC(=O)CCCCCCCCCCCCCCCCCCC(=O)O)CC1)C(=O)O. The van der Waals surface area contributed by atoms with E-state index in [0.29, 0.717) is 45.2 Å². The quantitative estimate of drug-likeness (QED) is 0.0364. The van der Waals surface area contributed by atoms with Crippen LogP contribution in [0.1, 0.15) is 180 Å². The van der Waals surface area contributed by atoms with E-state index in [4.69, 9.17) is 10.2 Å². The number of rotatable bonds is 34. The maximum atomic E-state index is 12.9. The Morgan fingerprint density at radius 3 is 1.47 bits per heavy atom. The van der Waals surface area contributed by atoms with Crippen molar-refractivity contribution in [2.24, 2.45) is 11.8 Å². The maximum Gasteiger partial charge on any atom is 0.326 e. The van der Waals surface area contributed by atoms with Gasteiger partial charge in [0.25, 0.3) is 0 Å². The average molecular weight is 781 g/mol. The second-order valence-corrected chi connectivity index (χ2v) is 15.4. The number of carboxylic acid groups (broad SMARTS) is 3. The number of amides is 4. The lowest BCUT2D eigenvalue weighted by molar-refractivity contribution is -0.143. The van der Waals surface area contributed by atoms with Crippen LogP contribution in [0.2, 0.25) is 0 Å². The van der Waals surface area contributed by atoms with Crippen molar-refractivity contribution in [1.82, 2.24) is 21.3 Å². The molecule has 1 saturated carbocycles. The largest absolute Gasteiger partial charge is 0.481 e. The summed E-state index contributed by atoms with van der Waals surface area (Å²) in [5.74, 6) is -4.59. The van der Waals surface area contributed by atoms with Gasteiger partial charge in [-0.25, -0.2) is 4.79 Å². The van der Waals surface area contributed by atoms with Gasteiger partial charge >= 0.3 is 17.9 Å². The number of unbranched alkanes of at least 4 members (excludes halogenated alkanes) is 15. The average Bonchev–Trinajstić information content (AvgIpc) is 3.15. The molecule has 14 heteroatoms. The second-order valence-electron chi connectivity index (χ2n) is 15.4.